The summed E-state index contributed by atoms with van der Waals surface area (Å²) < 4.78 is 18.6. The van der Waals surface area contributed by atoms with Crippen LogP contribution in [-0.4, -0.2) is 35.7 Å². The minimum Gasteiger partial charge on any atom is -0.427 e. The molecule has 4 nitrogen and oxygen atoms in total. The fourth-order valence-corrected chi connectivity index (χ4v) is 4.04. The Labute approximate surface area is 122 Å². The topological polar surface area (TPSA) is 47.9 Å². The molecule has 0 radical (unpaired) electrons. The zero-order chi connectivity index (χ0) is 14.2. The summed E-state index contributed by atoms with van der Waals surface area (Å²) in [6.07, 6.45) is 9.17. The van der Waals surface area contributed by atoms with Gasteiger partial charge in [-0.25, -0.2) is 0 Å². The lowest BCUT2D eigenvalue weighted by Crippen LogP contribution is -2.57. The zero-order valence-electron chi connectivity index (χ0n) is 12.8. The third-order valence-electron chi connectivity index (χ3n) is 5.21. The van der Waals surface area contributed by atoms with Crippen LogP contribution in [0.15, 0.2) is 0 Å². The highest BCUT2D eigenvalue weighted by Crippen LogP contribution is 2.50. The molecule has 3 rings (SSSR count). The van der Waals surface area contributed by atoms with Crippen LogP contribution in [0.1, 0.15) is 65.2 Å². The van der Waals surface area contributed by atoms with E-state index in [9.17, 15) is 5.02 Å². The fraction of sp³-hybridized carbons (Fsp3) is 1.00. The van der Waals surface area contributed by atoms with Gasteiger partial charge in [0, 0.05) is 19.2 Å². The molecule has 114 valence electrons. The smallest absolute Gasteiger partial charge is 0.427 e. The third kappa shape index (κ3) is 2.54. The van der Waals surface area contributed by atoms with Crippen LogP contribution in [0.4, 0.5) is 0 Å². The molecule has 5 heteroatoms. The van der Waals surface area contributed by atoms with Crippen molar-refractivity contribution >= 4 is 7.12 Å². The number of fused-ring (bicyclic) bond motifs is 1. The van der Waals surface area contributed by atoms with Gasteiger partial charge in [-0.2, -0.15) is 0 Å². The van der Waals surface area contributed by atoms with E-state index in [1.165, 1.54) is 19.3 Å². The molecule has 0 unspecified atom stereocenters. The second-order valence-corrected chi connectivity index (χ2v) is 6.82. The van der Waals surface area contributed by atoms with Crippen LogP contribution in [-0.2, 0) is 14.1 Å². The second kappa shape index (κ2) is 5.60. The molecule has 1 N–H and O–H groups in total. The van der Waals surface area contributed by atoms with Crippen LogP contribution in [0.2, 0.25) is 6.32 Å². The highest BCUT2D eigenvalue weighted by atomic mass is 16.8. The van der Waals surface area contributed by atoms with Gasteiger partial charge in [-0.05, 0) is 26.2 Å². The fourth-order valence-electron chi connectivity index (χ4n) is 4.04. The summed E-state index contributed by atoms with van der Waals surface area (Å²) in [7, 11) is -0.711. The number of hydrogen-bond donors (Lipinski definition) is 1. The molecule has 1 spiro atoms. The van der Waals surface area contributed by atoms with Gasteiger partial charge in [-0.3, -0.25) is 0 Å². The van der Waals surface area contributed by atoms with E-state index in [0.717, 1.165) is 32.1 Å². The minimum atomic E-state index is -0.711. The average Bonchev–Trinajstić information content (AvgIpc) is 2.69. The van der Waals surface area contributed by atoms with Crippen LogP contribution in [0.5, 0.6) is 0 Å². The maximum atomic E-state index is 9.97. The zero-order valence-corrected chi connectivity index (χ0v) is 12.8. The van der Waals surface area contributed by atoms with Crippen LogP contribution in [0.3, 0.4) is 0 Å². The molecule has 2 heterocycles. The lowest BCUT2D eigenvalue weighted by Gasteiger charge is -2.42. The Balaban J connectivity index is 1.78. The first-order valence-corrected chi connectivity index (χ1v) is 8.29. The average molecular weight is 282 g/mol. The van der Waals surface area contributed by atoms with Crippen molar-refractivity contribution in [1.82, 2.24) is 0 Å². The Kier molecular flexibility index (Phi) is 4.15. The van der Waals surface area contributed by atoms with Crippen molar-refractivity contribution in [2.45, 2.75) is 95.1 Å². The monoisotopic (exact) mass is 282 g/mol. The van der Waals surface area contributed by atoms with E-state index in [1.54, 1.807) is 0 Å². The van der Waals surface area contributed by atoms with Crippen LogP contribution in [0, 0.1) is 0 Å². The summed E-state index contributed by atoms with van der Waals surface area (Å²) in [5.74, 6) is -0.407. The van der Waals surface area contributed by atoms with E-state index in [1.807, 2.05) is 0 Å². The van der Waals surface area contributed by atoms with Gasteiger partial charge in [-0.1, -0.05) is 26.2 Å². The van der Waals surface area contributed by atoms with Crippen molar-refractivity contribution in [3.63, 3.8) is 0 Å². The molecule has 20 heavy (non-hydrogen) atoms. The van der Waals surface area contributed by atoms with Crippen LogP contribution < -0.4 is 0 Å². The second-order valence-electron chi connectivity index (χ2n) is 6.82. The summed E-state index contributed by atoms with van der Waals surface area (Å²) >= 11 is 0. The standard InChI is InChI=1S/C15H27BO4/c1-3-4-8-12-14(2)13(11-16(17)19-12)18-15(20-14)9-6-5-7-10-15/h12-13,17H,3-11H2,1-2H3/t12-,13-,14+/m0/s1. The van der Waals surface area contributed by atoms with Gasteiger partial charge in [0.25, 0.3) is 0 Å². The van der Waals surface area contributed by atoms with Gasteiger partial charge < -0.3 is 19.2 Å². The molecule has 3 atom stereocenters. The molecule has 2 saturated heterocycles. The van der Waals surface area contributed by atoms with E-state index in [-0.39, 0.29) is 12.2 Å². The SMILES string of the molecule is CCCC[C@@H]1OB(O)C[C@@H]2OC3(CCCCC3)O[C@]12C. The Morgan fingerprint density at radius 3 is 2.70 bits per heavy atom. The highest BCUT2D eigenvalue weighted by molar-refractivity contribution is 6.43. The summed E-state index contributed by atoms with van der Waals surface area (Å²) in [4.78, 5) is 0. The Hall–Kier alpha value is -0.0951. The maximum absolute atomic E-state index is 9.97. The van der Waals surface area contributed by atoms with Gasteiger partial charge in [0.1, 0.15) is 5.60 Å². The minimum absolute atomic E-state index is 0.0359. The van der Waals surface area contributed by atoms with Crippen molar-refractivity contribution in [1.29, 1.82) is 0 Å². The molecule has 3 aliphatic rings. The summed E-state index contributed by atoms with van der Waals surface area (Å²) in [6.45, 7) is 4.29. The molecule has 0 aromatic heterocycles. The highest BCUT2D eigenvalue weighted by Gasteiger charge is 2.61. The Morgan fingerprint density at radius 1 is 1.25 bits per heavy atom. The molecule has 1 saturated carbocycles. The number of rotatable bonds is 3. The molecular formula is C15H27BO4. The lowest BCUT2D eigenvalue weighted by molar-refractivity contribution is -0.215. The van der Waals surface area contributed by atoms with Gasteiger partial charge in [0.15, 0.2) is 5.79 Å². The first-order chi connectivity index (χ1) is 9.58. The maximum Gasteiger partial charge on any atom is 0.457 e. The van der Waals surface area contributed by atoms with Crippen molar-refractivity contribution < 1.29 is 19.2 Å². The van der Waals surface area contributed by atoms with Gasteiger partial charge in [-0.15, -0.1) is 0 Å². The lowest BCUT2D eigenvalue weighted by atomic mass is 9.70. The molecule has 0 amide bonds. The Morgan fingerprint density at radius 2 is 2.00 bits per heavy atom. The Bertz CT molecular complexity index is 335. The van der Waals surface area contributed by atoms with Crippen LogP contribution >= 0.6 is 0 Å². The molecule has 3 fully saturated rings. The molecule has 0 bridgehead atoms. The molecule has 0 aromatic carbocycles. The van der Waals surface area contributed by atoms with Crippen molar-refractivity contribution in [3.8, 4) is 0 Å². The first kappa shape index (κ1) is 14.8. The number of hydrogen-bond acceptors (Lipinski definition) is 4. The van der Waals surface area contributed by atoms with Crippen molar-refractivity contribution in [2.75, 3.05) is 0 Å². The van der Waals surface area contributed by atoms with Crippen molar-refractivity contribution in [3.05, 3.63) is 0 Å². The summed E-state index contributed by atoms with van der Waals surface area (Å²) in [5.41, 5.74) is -0.397. The van der Waals surface area contributed by atoms with E-state index in [0.29, 0.717) is 6.32 Å². The largest absolute Gasteiger partial charge is 0.457 e. The predicted octanol–water partition coefficient (Wildman–Crippen LogP) is 2.89. The van der Waals surface area contributed by atoms with Crippen molar-refractivity contribution in [2.24, 2.45) is 0 Å². The van der Waals surface area contributed by atoms with Gasteiger partial charge >= 0.3 is 7.12 Å². The summed E-state index contributed by atoms with van der Waals surface area (Å²) in [6, 6.07) is 0. The normalized spacial score (nSPS) is 40.0. The molecule has 2 aliphatic heterocycles. The first-order valence-electron chi connectivity index (χ1n) is 8.29. The van der Waals surface area contributed by atoms with E-state index in [4.69, 9.17) is 14.1 Å². The van der Waals surface area contributed by atoms with Crippen LogP contribution in [0.25, 0.3) is 0 Å². The molecular weight excluding hydrogens is 255 g/mol. The van der Waals surface area contributed by atoms with E-state index >= 15 is 0 Å². The third-order valence-corrected chi connectivity index (χ3v) is 5.21. The van der Waals surface area contributed by atoms with E-state index in [2.05, 4.69) is 13.8 Å². The molecule has 0 aromatic rings. The van der Waals surface area contributed by atoms with Gasteiger partial charge in [0.2, 0.25) is 0 Å². The van der Waals surface area contributed by atoms with Gasteiger partial charge in [0.05, 0.1) is 12.2 Å². The predicted molar refractivity (Wildman–Crippen MR) is 77.4 cm³/mol. The number of ether oxygens (including phenoxy) is 2. The quantitative estimate of drug-likeness (QED) is 0.809. The summed E-state index contributed by atoms with van der Waals surface area (Å²) in [5, 5.41) is 9.97. The number of unbranched alkanes of at least 4 members (excludes halogenated alkanes) is 1. The molecule has 1 aliphatic carbocycles. The van der Waals surface area contributed by atoms with E-state index < -0.39 is 18.5 Å².